The minimum absolute atomic E-state index is 0.167. The van der Waals surface area contributed by atoms with Crippen molar-refractivity contribution in [2.45, 2.75) is 39.0 Å². The van der Waals surface area contributed by atoms with E-state index in [0.29, 0.717) is 25.0 Å². The molecule has 1 aromatic rings. The monoisotopic (exact) mass is 286 g/mol. The van der Waals surface area contributed by atoms with Gasteiger partial charge in [-0.05, 0) is 38.3 Å². The fraction of sp³-hybridized carbons (Fsp3) is 0.353. The molecule has 0 unspecified atom stereocenters. The molecule has 0 aliphatic carbocycles. The summed E-state index contributed by atoms with van der Waals surface area (Å²) in [6.07, 6.45) is 6.55. The zero-order chi connectivity index (χ0) is 15.5. The van der Waals surface area contributed by atoms with Gasteiger partial charge in [-0.1, -0.05) is 30.4 Å². The van der Waals surface area contributed by atoms with Crippen LogP contribution in [0.1, 0.15) is 39.0 Å². The lowest BCUT2D eigenvalue weighted by atomic mass is 10.0. The van der Waals surface area contributed by atoms with Crippen LogP contribution in [0, 0.1) is 5.41 Å². The molecule has 0 amide bonds. The SMILES string of the molecule is C/C=C\CC(=N)C(CCCCC(=O)O)=Nc1ccccc1. The first kappa shape index (κ1) is 16.8. The number of benzene rings is 1. The lowest BCUT2D eigenvalue weighted by Crippen LogP contribution is -2.12. The first-order valence-electron chi connectivity index (χ1n) is 7.17. The fourth-order valence-corrected chi connectivity index (χ4v) is 1.85. The average molecular weight is 286 g/mol. The molecule has 0 saturated heterocycles. The number of carboxylic acids is 1. The maximum atomic E-state index is 10.5. The van der Waals surface area contributed by atoms with Crippen molar-refractivity contribution in [1.82, 2.24) is 0 Å². The second-order valence-electron chi connectivity index (χ2n) is 4.75. The summed E-state index contributed by atoms with van der Waals surface area (Å²) in [5.74, 6) is -0.777. The summed E-state index contributed by atoms with van der Waals surface area (Å²) >= 11 is 0. The van der Waals surface area contributed by atoms with Crippen LogP contribution in [-0.2, 0) is 4.79 Å². The highest BCUT2D eigenvalue weighted by molar-refractivity contribution is 6.41. The van der Waals surface area contributed by atoms with Crippen LogP contribution in [0.5, 0.6) is 0 Å². The molecule has 0 heterocycles. The third kappa shape index (κ3) is 7.20. The van der Waals surface area contributed by atoms with E-state index >= 15 is 0 Å². The first-order chi connectivity index (χ1) is 10.1. The Morgan fingerprint density at radius 3 is 2.52 bits per heavy atom. The Morgan fingerprint density at radius 1 is 1.24 bits per heavy atom. The molecule has 0 aliphatic rings. The lowest BCUT2D eigenvalue weighted by molar-refractivity contribution is -0.137. The van der Waals surface area contributed by atoms with Gasteiger partial charge in [0, 0.05) is 12.8 Å². The topological polar surface area (TPSA) is 73.5 Å². The van der Waals surface area contributed by atoms with Crippen molar-refractivity contribution in [1.29, 1.82) is 5.41 Å². The van der Waals surface area contributed by atoms with Gasteiger partial charge in [0.05, 0.1) is 17.1 Å². The normalized spacial score (nSPS) is 11.8. The predicted octanol–water partition coefficient (Wildman–Crippen LogP) is 4.39. The van der Waals surface area contributed by atoms with Gasteiger partial charge in [-0.15, -0.1) is 0 Å². The van der Waals surface area contributed by atoms with Crippen LogP contribution in [0.3, 0.4) is 0 Å². The molecule has 112 valence electrons. The zero-order valence-electron chi connectivity index (χ0n) is 12.4. The van der Waals surface area contributed by atoms with Gasteiger partial charge in [-0.25, -0.2) is 0 Å². The number of unbranched alkanes of at least 4 members (excludes halogenated alkanes) is 1. The van der Waals surface area contributed by atoms with Crippen molar-refractivity contribution in [3.63, 3.8) is 0 Å². The van der Waals surface area contributed by atoms with Crippen LogP contribution < -0.4 is 0 Å². The minimum atomic E-state index is -0.777. The van der Waals surface area contributed by atoms with Crippen molar-refractivity contribution in [3.8, 4) is 0 Å². The predicted molar refractivity (Wildman–Crippen MR) is 86.8 cm³/mol. The molecule has 0 radical (unpaired) electrons. The van der Waals surface area contributed by atoms with E-state index in [4.69, 9.17) is 10.5 Å². The zero-order valence-corrected chi connectivity index (χ0v) is 12.4. The molecule has 0 fully saturated rings. The van der Waals surface area contributed by atoms with Gasteiger partial charge in [0.25, 0.3) is 0 Å². The molecule has 21 heavy (non-hydrogen) atoms. The van der Waals surface area contributed by atoms with Gasteiger partial charge < -0.3 is 10.5 Å². The van der Waals surface area contributed by atoms with Crippen LogP contribution >= 0.6 is 0 Å². The van der Waals surface area contributed by atoms with E-state index in [9.17, 15) is 4.79 Å². The Bertz CT molecular complexity index is 519. The van der Waals surface area contributed by atoms with Crippen LogP contribution in [0.2, 0.25) is 0 Å². The van der Waals surface area contributed by atoms with E-state index in [1.165, 1.54) is 0 Å². The summed E-state index contributed by atoms with van der Waals surface area (Å²) in [4.78, 5) is 15.1. The number of nitrogens with one attached hydrogen (secondary N) is 1. The number of carboxylic acid groups (broad SMARTS) is 1. The number of aliphatic imine (C=N–C) groups is 1. The smallest absolute Gasteiger partial charge is 0.303 e. The summed E-state index contributed by atoms with van der Waals surface area (Å²) in [6, 6.07) is 9.56. The first-order valence-corrected chi connectivity index (χ1v) is 7.17. The highest BCUT2D eigenvalue weighted by Gasteiger charge is 2.07. The standard InChI is InChI=1S/C17H22N2O2/c1-2-3-11-15(18)16(12-7-8-13-17(20)21)19-14-9-5-4-6-10-14/h2-6,9-10,18H,7-8,11-13H2,1H3,(H,20,21)/b3-2-,18-15?,19-16?. The van der Waals surface area contributed by atoms with E-state index in [-0.39, 0.29) is 6.42 Å². The van der Waals surface area contributed by atoms with Gasteiger partial charge in [0.2, 0.25) is 0 Å². The van der Waals surface area contributed by atoms with E-state index in [1.54, 1.807) is 0 Å². The minimum Gasteiger partial charge on any atom is -0.481 e. The Morgan fingerprint density at radius 2 is 1.90 bits per heavy atom. The quantitative estimate of drug-likeness (QED) is 0.401. The average Bonchev–Trinajstić information content (AvgIpc) is 2.48. The molecular weight excluding hydrogens is 264 g/mol. The van der Waals surface area contributed by atoms with Gasteiger partial charge in [-0.2, -0.15) is 0 Å². The molecule has 1 rings (SSSR count). The van der Waals surface area contributed by atoms with Crippen LogP contribution in [0.15, 0.2) is 47.5 Å². The van der Waals surface area contributed by atoms with Crippen LogP contribution in [0.4, 0.5) is 5.69 Å². The van der Waals surface area contributed by atoms with E-state index in [0.717, 1.165) is 17.8 Å². The van der Waals surface area contributed by atoms with Crippen molar-refractivity contribution in [2.75, 3.05) is 0 Å². The summed E-state index contributed by atoms with van der Waals surface area (Å²) in [6.45, 7) is 1.92. The molecule has 0 spiro atoms. The third-order valence-corrected chi connectivity index (χ3v) is 2.98. The molecule has 4 nitrogen and oxygen atoms in total. The van der Waals surface area contributed by atoms with Gasteiger partial charge in [-0.3, -0.25) is 9.79 Å². The molecule has 0 bridgehead atoms. The van der Waals surface area contributed by atoms with Gasteiger partial charge in [0.15, 0.2) is 0 Å². The Labute approximate surface area is 125 Å². The molecule has 0 saturated carbocycles. The van der Waals surface area contributed by atoms with Crippen molar-refractivity contribution >= 4 is 23.1 Å². The highest BCUT2D eigenvalue weighted by Crippen LogP contribution is 2.14. The van der Waals surface area contributed by atoms with E-state index < -0.39 is 5.97 Å². The largest absolute Gasteiger partial charge is 0.481 e. The molecular formula is C17H22N2O2. The van der Waals surface area contributed by atoms with E-state index in [1.807, 2.05) is 49.4 Å². The summed E-state index contributed by atoms with van der Waals surface area (Å²) < 4.78 is 0. The van der Waals surface area contributed by atoms with Crippen LogP contribution in [-0.4, -0.2) is 22.5 Å². The Balaban J connectivity index is 2.72. The molecule has 2 N–H and O–H groups in total. The number of allylic oxidation sites excluding steroid dienone is 2. The second-order valence-corrected chi connectivity index (χ2v) is 4.75. The number of carbonyl (C=O) groups is 1. The number of aliphatic carboxylic acids is 1. The third-order valence-electron chi connectivity index (χ3n) is 2.98. The summed E-state index contributed by atoms with van der Waals surface area (Å²) in [5, 5.41) is 16.8. The maximum absolute atomic E-state index is 10.5. The van der Waals surface area contributed by atoms with E-state index in [2.05, 4.69) is 4.99 Å². The number of hydrogen-bond donors (Lipinski definition) is 2. The highest BCUT2D eigenvalue weighted by atomic mass is 16.4. The Hall–Kier alpha value is -2.23. The maximum Gasteiger partial charge on any atom is 0.303 e. The fourth-order valence-electron chi connectivity index (χ4n) is 1.85. The number of rotatable bonds is 9. The number of hydrogen-bond acceptors (Lipinski definition) is 3. The van der Waals surface area contributed by atoms with Crippen molar-refractivity contribution < 1.29 is 9.90 Å². The van der Waals surface area contributed by atoms with Crippen molar-refractivity contribution in [2.24, 2.45) is 4.99 Å². The number of para-hydroxylation sites is 1. The van der Waals surface area contributed by atoms with Crippen molar-refractivity contribution in [3.05, 3.63) is 42.5 Å². The molecule has 0 atom stereocenters. The lowest BCUT2D eigenvalue weighted by Gasteiger charge is -2.07. The molecule has 0 aromatic heterocycles. The van der Waals surface area contributed by atoms with Gasteiger partial charge >= 0.3 is 5.97 Å². The van der Waals surface area contributed by atoms with Gasteiger partial charge in [0.1, 0.15) is 0 Å². The molecule has 1 aromatic carbocycles. The van der Waals surface area contributed by atoms with Crippen LogP contribution in [0.25, 0.3) is 0 Å². The summed E-state index contributed by atoms with van der Waals surface area (Å²) in [5.41, 5.74) is 2.06. The number of nitrogens with zero attached hydrogens (tertiary/aromatic N) is 1. The Kier molecular flexibility index (Phi) is 7.72. The summed E-state index contributed by atoms with van der Waals surface area (Å²) in [7, 11) is 0. The molecule has 0 aliphatic heterocycles. The molecule has 4 heteroatoms. The second kappa shape index (κ2) is 9.64.